The van der Waals surface area contributed by atoms with Gasteiger partial charge in [0, 0.05) is 18.1 Å². The molecular formula is C19H30N2. The van der Waals surface area contributed by atoms with Crippen molar-refractivity contribution in [1.29, 1.82) is 0 Å². The Kier molecular flexibility index (Phi) is 5.32. The van der Waals surface area contributed by atoms with Crippen LogP contribution in [0.5, 0.6) is 0 Å². The van der Waals surface area contributed by atoms with E-state index < -0.39 is 0 Å². The smallest absolute Gasteiger partial charge is 0.0322 e. The lowest BCUT2D eigenvalue weighted by atomic mass is 9.91. The van der Waals surface area contributed by atoms with E-state index in [0.29, 0.717) is 12.1 Å². The van der Waals surface area contributed by atoms with E-state index in [1.165, 1.54) is 57.1 Å². The molecule has 2 fully saturated rings. The fourth-order valence-corrected chi connectivity index (χ4v) is 4.33. The quantitative estimate of drug-likeness (QED) is 0.825. The molecule has 1 heterocycles. The summed E-state index contributed by atoms with van der Waals surface area (Å²) < 4.78 is 0. The molecule has 3 rings (SSSR count). The Balaban J connectivity index is 1.66. The fourth-order valence-electron chi connectivity index (χ4n) is 4.33. The van der Waals surface area contributed by atoms with Crippen molar-refractivity contribution in [3.05, 3.63) is 35.9 Å². The average Bonchev–Trinajstić information content (AvgIpc) is 3.18. The summed E-state index contributed by atoms with van der Waals surface area (Å²) in [7, 11) is 0. The first-order valence-electron chi connectivity index (χ1n) is 8.93. The van der Waals surface area contributed by atoms with Crippen molar-refractivity contribution in [2.75, 3.05) is 6.54 Å². The van der Waals surface area contributed by atoms with Crippen LogP contribution in [0.15, 0.2) is 30.3 Å². The van der Waals surface area contributed by atoms with Gasteiger partial charge in [-0.05, 0) is 50.1 Å². The Bertz CT molecular complexity index is 411. The molecule has 0 spiro atoms. The van der Waals surface area contributed by atoms with Crippen molar-refractivity contribution in [1.82, 2.24) is 10.6 Å². The molecule has 0 aromatic heterocycles. The van der Waals surface area contributed by atoms with E-state index in [-0.39, 0.29) is 0 Å². The van der Waals surface area contributed by atoms with Crippen LogP contribution in [-0.2, 0) is 0 Å². The van der Waals surface area contributed by atoms with Gasteiger partial charge in [0.1, 0.15) is 0 Å². The number of nitrogens with one attached hydrogen (secondary N) is 2. The van der Waals surface area contributed by atoms with E-state index in [1.54, 1.807) is 0 Å². The highest BCUT2D eigenvalue weighted by molar-refractivity contribution is 5.19. The number of benzene rings is 1. The van der Waals surface area contributed by atoms with Crippen LogP contribution >= 0.6 is 0 Å². The molecule has 2 heteroatoms. The summed E-state index contributed by atoms with van der Waals surface area (Å²) in [5.74, 6) is 0.843. The highest BCUT2D eigenvalue weighted by Gasteiger charge is 2.35. The van der Waals surface area contributed by atoms with Crippen LogP contribution in [0.3, 0.4) is 0 Å². The van der Waals surface area contributed by atoms with Crippen molar-refractivity contribution < 1.29 is 0 Å². The summed E-state index contributed by atoms with van der Waals surface area (Å²) in [6.07, 6.45) is 9.39. The highest BCUT2D eigenvalue weighted by atomic mass is 15.0. The van der Waals surface area contributed by atoms with E-state index in [4.69, 9.17) is 0 Å². The molecule has 0 radical (unpaired) electrons. The van der Waals surface area contributed by atoms with Crippen LogP contribution in [0.2, 0.25) is 0 Å². The normalized spacial score (nSPS) is 30.6. The molecule has 1 aromatic rings. The van der Waals surface area contributed by atoms with Gasteiger partial charge in [-0.25, -0.2) is 0 Å². The van der Waals surface area contributed by atoms with Gasteiger partial charge in [-0.15, -0.1) is 0 Å². The Morgan fingerprint density at radius 3 is 2.71 bits per heavy atom. The maximum atomic E-state index is 4.02. The van der Waals surface area contributed by atoms with Gasteiger partial charge in [0.25, 0.3) is 0 Å². The summed E-state index contributed by atoms with van der Waals surface area (Å²) in [4.78, 5) is 0. The topological polar surface area (TPSA) is 24.1 Å². The van der Waals surface area contributed by atoms with Crippen molar-refractivity contribution in [3.63, 3.8) is 0 Å². The van der Waals surface area contributed by atoms with Crippen LogP contribution in [0.4, 0.5) is 0 Å². The third-order valence-electron chi connectivity index (χ3n) is 5.38. The van der Waals surface area contributed by atoms with Crippen molar-refractivity contribution in [2.45, 2.75) is 70.0 Å². The van der Waals surface area contributed by atoms with Crippen LogP contribution in [0.25, 0.3) is 0 Å². The molecule has 0 amide bonds. The number of hydrogen-bond acceptors (Lipinski definition) is 2. The maximum absolute atomic E-state index is 4.02. The lowest BCUT2D eigenvalue weighted by Crippen LogP contribution is -2.43. The first-order chi connectivity index (χ1) is 10.4. The van der Waals surface area contributed by atoms with Gasteiger partial charge in [-0.1, -0.05) is 50.1 Å². The Morgan fingerprint density at radius 1 is 1.14 bits per heavy atom. The second-order valence-corrected chi connectivity index (χ2v) is 6.82. The molecule has 1 aliphatic heterocycles. The monoisotopic (exact) mass is 286 g/mol. The minimum Gasteiger partial charge on any atom is -0.314 e. The second-order valence-electron chi connectivity index (χ2n) is 6.82. The van der Waals surface area contributed by atoms with E-state index in [0.717, 1.165) is 12.0 Å². The molecular weight excluding hydrogens is 256 g/mol. The van der Waals surface area contributed by atoms with Gasteiger partial charge in [-0.2, -0.15) is 0 Å². The van der Waals surface area contributed by atoms with Crippen molar-refractivity contribution >= 4 is 0 Å². The molecule has 2 aliphatic rings. The predicted molar refractivity (Wildman–Crippen MR) is 89.4 cm³/mol. The molecule has 1 saturated heterocycles. The molecule has 4 atom stereocenters. The fraction of sp³-hybridized carbons (Fsp3) is 0.684. The maximum Gasteiger partial charge on any atom is 0.0322 e. The van der Waals surface area contributed by atoms with Crippen LogP contribution in [0, 0.1) is 5.92 Å². The third kappa shape index (κ3) is 3.67. The molecule has 1 aliphatic carbocycles. The Morgan fingerprint density at radius 2 is 2.00 bits per heavy atom. The molecule has 21 heavy (non-hydrogen) atoms. The van der Waals surface area contributed by atoms with Gasteiger partial charge >= 0.3 is 0 Å². The van der Waals surface area contributed by atoms with Gasteiger partial charge in [0.2, 0.25) is 0 Å². The zero-order chi connectivity index (χ0) is 14.5. The molecule has 2 N–H and O–H groups in total. The summed E-state index contributed by atoms with van der Waals surface area (Å²) in [5.41, 5.74) is 1.46. The van der Waals surface area contributed by atoms with E-state index in [2.05, 4.69) is 47.9 Å². The van der Waals surface area contributed by atoms with E-state index in [9.17, 15) is 0 Å². The summed E-state index contributed by atoms with van der Waals surface area (Å²) in [6.45, 7) is 3.52. The predicted octanol–water partition coefficient (Wildman–Crippen LogP) is 4.04. The van der Waals surface area contributed by atoms with Gasteiger partial charge in [0.15, 0.2) is 0 Å². The first-order valence-corrected chi connectivity index (χ1v) is 8.93. The second kappa shape index (κ2) is 7.42. The number of hydrogen-bond donors (Lipinski definition) is 2. The standard InChI is InChI=1S/C19H30N2/c1-2-8-17(15-9-4-3-5-10-15)21-19-12-6-11-16(19)18-13-7-14-20-18/h3-5,9-10,16-21H,2,6-8,11-14H2,1H3. The largest absolute Gasteiger partial charge is 0.314 e. The van der Waals surface area contributed by atoms with Gasteiger partial charge in [-0.3, -0.25) is 0 Å². The molecule has 0 bridgehead atoms. The molecule has 1 saturated carbocycles. The van der Waals surface area contributed by atoms with Gasteiger partial charge in [0.05, 0.1) is 0 Å². The number of rotatable bonds is 6. The third-order valence-corrected chi connectivity index (χ3v) is 5.38. The van der Waals surface area contributed by atoms with Crippen LogP contribution in [-0.4, -0.2) is 18.6 Å². The summed E-state index contributed by atoms with van der Waals surface area (Å²) in [6, 6.07) is 13.0. The molecule has 1 aromatic carbocycles. The van der Waals surface area contributed by atoms with Crippen molar-refractivity contribution in [2.24, 2.45) is 5.92 Å². The van der Waals surface area contributed by atoms with Crippen LogP contribution < -0.4 is 10.6 Å². The first kappa shape index (κ1) is 15.1. The van der Waals surface area contributed by atoms with Gasteiger partial charge < -0.3 is 10.6 Å². The van der Waals surface area contributed by atoms with Crippen LogP contribution in [0.1, 0.15) is 63.5 Å². The van der Waals surface area contributed by atoms with E-state index in [1.807, 2.05) is 0 Å². The Hall–Kier alpha value is -0.860. The zero-order valence-corrected chi connectivity index (χ0v) is 13.4. The van der Waals surface area contributed by atoms with Crippen molar-refractivity contribution in [3.8, 4) is 0 Å². The lowest BCUT2D eigenvalue weighted by Gasteiger charge is -2.31. The summed E-state index contributed by atoms with van der Waals surface area (Å²) in [5, 5.41) is 7.75. The Labute approximate surface area is 129 Å². The zero-order valence-electron chi connectivity index (χ0n) is 13.4. The molecule has 4 unspecified atom stereocenters. The SMILES string of the molecule is CCCC(NC1CCCC1C1CCCN1)c1ccccc1. The minimum absolute atomic E-state index is 0.531. The van der Waals surface area contributed by atoms with E-state index >= 15 is 0 Å². The lowest BCUT2D eigenvalue weighted by molar-refractivity contribution is 0.292. The molecule has 2 nitrogen and oxygen atoms in total. The average molecular weight is 286 g/mol. The molecule has 116 valence electrons. The summed E-state index contributed by atoms with van der Waals surface area (Å²) >= 11 is 0. The minimum atomic E-state index is 0.531. The highest BCUT2D eigenvalue weighted by Crippen LogP contribution is 2.34.